The van der Waals surface area contributed by atoms with Crippen LogP contribution in [0.25, 0.3) is 0 Å². The molecule has 29 heavy (non-hydrogen) atoms. The first-order valence-electron chi connectivity index (χ1n) is 9.55. The maximum absolute atomic E-state index is 12.8. The molecule has 0 spiro atoms. The zero-order chi connectivity index (χ0) is 21.8. The SMILES string of the molecule is Cc1ccc(OC[C@H](C)NC(=O)[C@@H](C)N(c2cc(C)cc(C)c2)S(C)(=O)=O)cc1. The number of nitrogens with one attached hydrogen (secondary N) is 1. The van der Waals surface area contributed by atoms with Crippen molar-refractivity contribution in [3.63, 3.8) is 0 Å². The molecule has 0 aliphatic rings. The number of anilines is 1. The van der Waals surface area contributed by atoms with Gasteiger partial charge >= 0.3 is 0 Å². The zero-order valence-corrected chi connectivity index (χ0v) is 18.7. The van der Waals surface area contributed by atoms with Gasteiger partial charge in [-0.15, -0.1) is 0 Å². The monoisotopic (exact) mass is 418 g/mol. The van der Waals surface area contributed by atoms with Crippen molar-refractivity contribution in [1.29, 1.82) is 0 Å². The van der Waals surface area contributed by atoms with Crippen LogP contribution in [0.15, 0.2) is 42.5 Å². The number of carbonyl (C=O) groups is 1. The van der Waals surface area contributed by atoms with Crippen molar-refractivity contribution in [3.05, 3.63) is 59.2 Å². The first-order valence-corrected chi connectivity index (χ1v) is 11.4. The molecule has 7 heteroatoms. The lowest BCUT2D eigenvalue weighted by Gasteiger charge is -2.29. The van der Waals surface area contributed by atoms with E-state index < -0.39 is 16.1 Å². The molecule has 0 saturated carbocycles. The molecule has 0 unspecified atom stereocenters. The fourth-order valence-corrected chi connectivity index (χ4v) is 4.31. The van der Waals surface area contributed by atoms with Crippen LogP contribution in [-0.4, -0.2) is 39.3 Å². The van der Waals surface area contributed by atoms with Gasteiger partial charge in [0.2, 0.25) is 15.9 Å². The maximum Gasteiger partial charge on any atom is 0.243 e. The van der Waals surface area contributed by atoms with Crippen molar-refractivity contribution in [3.8, 4) is 5.75 Å². The molecule has 1 amide bonds. The van der Waals surface area contributed by atoms with Gasteiger partial charge in [-0.1, -0.05) is 23.8 Å². The van der Waals surface area contributed by atoms with Crippen molar-refractivity contribution in [1.82, 2.24) is 5.32 Å². The van der Waals surface area contributed by atoms with E-state index in [1.54, 1.807) is 19.1 Å². The van der Waals surface area contributed by atoms with Crippen LogP contribution in [0.5, 0.6) is 5.75 Å². The van der Waals surface area contributed by atoms with Gasteiger partial charge in [0.05, 0.1) is 18.0 Å². The Kier molecular flexibility index (Phi) is 7.30. The van der Waals surface area contributed by atoms with E-state index in [0.717, 1.165) is 33.0 Å². The summed E-state index contributed by atoms with van der Waals surface area (Å²) in [6.07, 6.45) is 1.11. The zero-order valence-electron chi connectivity index (χ0n) is 17.9. The van der Waals surface area contributed by atoms with Crippen LogP contribution in [0, 0.1) is 20.8 Å². The topological polar surface area (TPSA) is 75.7 Å². The number of hydrogen-bond donors (Lipinski definition) is 1. The number of carbonyl (C=O) groups excluding carboxylic acids is 1. The number of amides is 1. The number of nitrogens with zero attached hydrogens (tertiary/aromatic N) is 1. The summed E-state index contributed by atoms with van der Waals surface area (Å²) in [4.78, 5) is 12.8. The maximum atomic E-state index is 12.8. The number of ether oxygens (including phenoxy) is 1. The molecule has 0 fully saturated rings. The van der Waals surface area contributed by atoms with Crippen molar-refractivity contribution in [2.75, 3.05) is 17.2 Å². The average molecular weight is 419 g/mol. The van der Waals surface area contributed by atoms with E-state index >= 15 is 0 Å². The number of rotatable bonds is 8. The van der Waals surface area contributed by atoms with Crippen LogP contribution in [-0.2, 0) is 14.8 Å². The Balaban J connectivity index is 2.09. The quantitative estimate of drug-likeness (QED) is 0.713. The summed E-state index contributed by atoms with van der Waals surface area (Å²) in [5.74, 6) is 0.340. The Morgan fingerprint density at radius 1 is 1.00 bits per heavy atom. The molecular formula is C22H30N2O4S. The molecule has 1 N–H and O–H groups in total. The van der Waals surface area contributed by atoms with Crippen molar-refractivity contribution < 1.29 is 17.9 Å². The third-order valence-corrected chi connectivity index (χ3v) is 5.70. The van der Waals surface area contributed by atoms with E-state index in [4.69, 9.17) is 4.74 Å². The average Bonchev–Trinajstić information content (AvgIpc) is 2.59. The minimum absolute atomic E-state index is 0.282. The van der Waals surface area contributed by atoms with Gasteiger partial charge in [-0.05, 0) is 70.0 Å². The van der Waals surface area contributed by atoms with Gasteiger partial charge in [0.25, 0.3) is 0 Å². The second kappa shape index (κ2) is 9.31. The van der Waals surface area contributed by atoms with E-state index in [2.05, 4.69) is 5.32 Å². The smallest absolute Gasteiger partial charge is 0.243 e. The number of hydrogen-bond acceptors (Lipinski definition) is 4. The fourth-order valence-electron chi connectivity index (χ4n) is 3.15. The van der Waals surface area contributed by atoms with E-state index in [9.17, 15) is 13.2 Å². The fraction of sp³-hybridized carbons (Fsp3) is 0.409. The summed E-state index contributed by atoms with van der Waals surface area (Å²) in [6.45, 7) is 9.47. The highest BCUT2D eigenvalue weighted by molar-refractivity contribution is 7.92. The van der Waals surface area contributed by atoms with Gasteiger partial charge in [0.1, 0.15) is 18.4 Å². The molecule has 0 aliphatic heterocycles. The molecule has 0 saturated heterocycles. The molecule has 2 atom stereocenters. The lowest BCUT2D eigenvalue weighted by Crippen LogP contribution is -2.50. The molecule has 2 rings (SSSR count). The Labute approximate surface area is 173 Å². The van der Waals surface area contributed by atoms with E-state index in [1.165, 1.54) is 0 Å². The second-order valence-corrected chi connectivity index (χ2v) is 9.47. The predicted octanol–water partition coefficient (Wildman–Crippen LogP) is 3.35. The molecule has 6 nitrogen and oxygen atoms in total. The Morgan fingerprint density at radius 3 is 2.07 bits per heavy atom. The predicted molar refractivity (Wildman–Crippen MR) is 117 cm³/mol. The van der Waals surface area contributed by atoms with Crippen molar-refractivity contribution in [2.24, 2.45) is 0 Å². The van der Waals surface area contributed by atoms with Gasteiger partial charge in [-0.3, -0.25) is 9.10 Å². The van der Waals surface area contributed by atoms with E-state index in [-0.39, 0.29) is 18.6 Å². The standard InChI is InChI=1S/C22H30N2O4S/c1-15-7-9-21(10-8-15)28-14-18(4)23-22(25)19(5)24(29(6,26)27)20-12-16(2)11-17(3)13-20/h7-13,18-19H,14H2,1-6H3,(H,23,25)/t18-,19+/m0/s1. The number of sulfonamides is 1. The summed E-state index contributed by atoms with van der Waals surface area (Å²) in [7, 11) is -3.65. The molecule has 2 aromatic carbocycles. The largest absolute Gasteiger partial charge is 0.491 e. The van der Waals surface area contributed by atoms with Crippen LogP contribution in [0.1, 0.15) is 30.5 Å². The number of benzene rings is 2. The Bertz CT molecular complexity index is 935. The Morgan fingerprint density at radius 2 is 1.55 bits per heavy atom. The van der Waals surface area contributed by atoms with Crippen LogP contribution in [0.4, 0.5) is 5.69 Å². The molecule has 2 aromatic rings. The van der Waals surface area contributed by atoms with E-state index in [1.807, 2.05) is 58.0 Å². The minimum Gasteiger partial charge on any atom is -0.491 e. The van der Waals surface area contributed by atoms with Crippen molar-refractivity contribution >= 4 is 21.6 Å². The molecular weight excluding hydrogens is 388 g/mol. The summed E-state index contributed by atoms with van der Waals surface area (Å²) < 4.78 is 31.8. The highest BCUT2D eigenvalue weighted by atomic mass is 32.2. The molecule has 0 bridgehead atoms. The second-order valence-electron chi connectivity index (χ2n) is 7.61. The van der Waals surface area contributed by atoms with Crippen molar-refractivity contribution in [2.45, 2.75) is 46.7 Å². The van der Waals surface area contributed by atoms with Gasteiger partial charge in [0, 0.05) is 0 Å². The minimum atomic E-state index is -3.65. The van der Waals surface area contributed by atoms with Crippen LogP contribution in [0.3, 0.4) is 0 Å². The van der Waals surface area contributed by atoms with Crippen LogP contribution >= 0.6 is 0 Å². The van der Waals surface area contributed by atoms with Crippen LogP contribution in [0.2, 0.25) is 0 Å². The van der Waals surface area contributed by atoms with Gasteiger partial charge in [-0.25, -0.2) is 8.42 Å². The molecule has 0 heterocycles. The summed E-state index contributed by atoms with van der Waals surface area (Å²) in [6, 6.07) is 12.0. The molecule has 158 valence electrons. The third-order valence-electron chi connectivity index (χ3n) is 4.46. The normalized spacial score (nSPS) is 13.4. The first-order chi connectivity index (χ1) is 13.5. The highest BCUT2D eigenvalue weighted by Gasteiger charge is 2.30. The summed E-state index contributed by atoms with van der Waals surface area (Å²) in [5.41, 5.74) is 3.48. The van der Waals surface area contributed by atoms with Gasteiger partial charge < -0.3 is 10.1 Å². The molecule has 0 radical (unpaired) electrons. The van der Waals surface area contributed by atoms with Gasteiger partial charge in [-0.2, -0.15) is 0 Å². The molecule has 0 aliphatic carbocycles. The number of aryl methyl sites for hydroxylation is 3. The Hall–Kier alpha value is -2.54. The van der Waals surface area contributed by atoms with E-state index in [0.29, 0.717) is 5.69 Å². The summed E-state index contributed by atoms with van der Waals surface area (Å²) >= 11 is 0. The summed E-state index contributed by atoms with van der Waals surface area (Å²) in [5, 5.41) is 2.84. The highest BCUT2D eigenvalue weighted by Crippen LogP contribution is 2.24. The lowest BCUT2D eigenvalue weighted by atomic mass is 10.1. The van der Waals surface area contributed by atoms with Crippen LogP contribution < -0.4 is 14.4 Å². The third kappa shape index (κ3) is 6.49. The molecule has 0 aromatic heterocycles. The first kappa shape index (κ1) is 22.7. The van der Waals surface area contributed by atoms with Gasteiger partial charge in [0.15, 0.2) is 0 Å². The lowest BCUT2D eigenvalue weighted by molar-refractivity contribution is -0.122.